The lowest BCUT2D eigenvalue weighted by Gasteiger charge is -2.25. The number of methoxy groups -OCH3 is 1. The summed E-state index contributed by atoms with van der Waals surface area (Å²) in [4.78, 5) is 20.8. The fraction of sp³-hybridized carbons (Fsp3) is 0.714. The van der Waals surface area contributed by atoms with Crippen molar-refractivity contribution in [2.75, 3.05) is 7.11 Å². The highest BCUT2D eigenvalue weighted by Gasteiger charge is 2.63. The first-order chi connectivity index (χ1) is 7.02. The average Bonchev–Trinajstić information content (AvgIpc) is 1.97. The third-order valence-electron chi connectivity index (χ3n) is 1.38. The molecule has 0 radical (unpaired) electrons. The van der Waals surface area contributed by atoms with Crippen molar-refractivity contribution in [3.8, 4) is 0 Å². The molecule has 0 aromatic heterocycles. The van der Waals surface area contributed by atoms with Gasteiger partial charge in [0.2, 0.25) is 0 Å². The van der Waals surface area contributed by atoms with Crippen molar-refractivity contribution < 1.29 is 41.0 Å². The molecule has 0 fully saturated rings. The fourth-order valence-electron chi connectivity index (χ4n) is 0.830. The number of hydrogen-bond donors (Lipinski definition) is 0. The second kappa shape index (κ2) is 4.62. The van der Waals surface area contributed by atoms with Crippen molar-refractivity contribution >= 4 is 11.9 Å². The Kier molecular flexibility index (Phi) is 4.21. The van der Waals surface area contributed by atoms with Gasteiger partial charge in [-0.25, -0.2) is 0 Å². The van der Waals surface area contributed by atoms with Crippen LogP contribution in [-0.2, 0) is 19.1 Å². The van der Waals surface area contributed by atoms with Crippen LogP contribution in [0.5, 0.6) is 0 Å². The van der Waals surface area contributed by atoms with E-state index in [-0.39, 0.29) is 0 Å². The third kappa shape index (κ3) is 3.63. The minimum absolute atomic E-state index is 0.485. The molecule has 0 aliphatic heterocycles. The number of hydrogen-bond acceptors (Lipinski definition) is 4. The van der Waals surface area contributed by atoms with Crippen LogP contribution in [0.25, 0.3) is 0 Å². The first-order valence-corrected chi connectivity index (χ1v) is 3.74. The maximum atomic E-state index is 12.8. The van der Waals surface area contributed by atoms with Gasteiger partial charge in [0.1, 0.15) is 0 Å². The Morgan fingerprint density at radius 3 is 1.81 bits per heavy atom. The quantitative estimate of drug-likeness (QED) is 0.562. The molecule has 0 spiro atoms. The minimum Gasteiger partial charge on any atom is -0.468 e. The molecule has 0 aromatic carbocycles. The molecule has 0 heterocycles. The normalized spacial score (nSPS) is 14.2. The third-order valence-corrected chi connectivity index (χ3v) is 1.38. The summed E-state index contributed by atoms with van der Waals surface area (Å²) < 4.78 is 68.7. The molecule has 9 heteroatoms. The molecule has 0 aliphatic rings. The standard InChI is InChI=1S/C7H7F5O4/c1-3(13)16-7(11,12)4(5(14)15-2)6(8,9)10/h4H,1-2H3. The number of rotatable bonds is 3. The summed E-state index contributed by atoms with van der Waals surface area (Å²) in [5.41, 5.74) is 0. The van der Waals surface area contributed by atoms with Crippen LogP contribution in [0, 0.1) is 5.92 Å². The fourth-order valence-corrected chi connectivity index (χ4v) is 0.830. The van der Waals surface area contributed by atoms with Crippen molar-refractivity contribution in [3.05, 3.63) is 0 Å². The second-order valence-corrected chi connectivity index (χ2v) is 2.65. The van der Waals surface area contributed by atoms with E-state index < -0.39 is 30.1 Å². The maximum Gasteiger partial charge on any atom is 0.422 e. The van der Waals surface area contributed by atoms with Gasteiger partial charge in [0.05, 0.1) is 7.11 Å². The molecular formula is C7H7F5O4. The number of halogens is 5. The molecule has 4 nitrogen and oxygen atoms in total. The summed E-state index contributed by atoms with van der Waals surface area (Å²) in [5.74, 6) is -7.73. The first-order valence-electron chi connectivity index (χ1n) is 3.74. The lowest BCUT2D eigenvalue weighted by atomic mass is 10.1. The summed E-state index contributed by atoms with van der Waals surface area (Å²) in [7, 11) is 0.505. The highest BCUT2D eigenvalue weighted by molar-refractivity contribution is 5.75. The van der Waals surface area contributed by atoms with Crippen molar-refractivity contribution in [2.45, 2.75) is 19.2 Å². The molecule has 0 saturated carbocycles. The van der Waals surface area contributed by atoms with E-state index in [2.05, 4.69) is 9.47 Å². The molecule has 16 heavy (non-hydrogen) atoms. The molecule has 0 bridgehead atoms. The number of esters is 2. The van der Waals surface area contributed by atoms with Crippen molar-refractivity contribution in [3.63, 3.8) is 0 Å². The SMILES string of the molecule is COC(=O)C(C(F)(F)F)C(F)(F)OC(C)=O. The van der Waals surface area contributed by atoms with E-state index >= 15 is 0 Å². The van der Waals surface area contributed by atoms with Gasteiger partial charge in [0.25, 0.3) is 5.92 Å². The summed E-state index contributed by atoms with van der Waals surface area (Å²) in [6.45, 7) is 0.485. The molecule has 0 aliphatic carbocycles. The Labute approximate surface area is 86.3 Å². The highest BCUT2D eigenvalue weighted by atomic mass is 19.4. The Balaban J connectivity index is 5.18. The van der Waals surface area contributed by atoms with Crippen molar-refractivity contribution in [1.29, 1.82) is 0 Å². The number of ether oxygens (including phenoxy) is 2. The molecule has 1 atom stereocenters. The number of carbonyl (C=O) groups excluding carboxylic acids is 2. The predicted octanol–water partition coefficient (Wildman–Crippen LogP) is 1.49. The van der Waals surface area contributed by atoms with E-state index in [1.807, 2.05) is 0 Å². The van der Waals surface area contributed by atoms with Gasteiger partial charge in [0, 0.05) is 6.92 Å². The summed E-state index contributed by atoms with van der Waals surface area (Å²) in [6, 6.07) is 0. The average molecular weight is 250 g/mol. The molecular weight excluding hydrogens is 243 g/mol. The van der Waals surface area contributed by atoms with Gasteiger partial charge in [-0.3, -0.25) is 9.59 Å². The van der Waals surface area contributed by atoms with E-state index in [9.17, 15) is 31.5 Å². The number of alkyl halides is 5. The first kappa shape index (κ1) is 14.6. The number of carbonyl (C=O) groups is 2. The van der Waals surface area contributed by atoms with E-state index in [1.165, 1.54) is 0 Å². The molecule has 1 unspecified atom stereocenters. The molecule has 0 saturated heterocycles. The minimum atomic E-state index is -5.59. The van der Waals surface area contributed by atoms with Gasteiger partial charge in [-0.05, 0) is 0 Å². The van der Waals surface area contributed by atoms with Gasteiger partial charge >= 0.3 is 24.2 Å². The van der Waals surface area contributed by atoms with Gasteiger partial charge in [-0.15, -0.1) is 0 Å². The summed E-state index contributed by atoms with van der Waals surface area (Å²) >= 11 is 0. The Morgan fingerprint density at radius 2 is 1.56 bits per heavy atom. The van der Waals surface area contributed by atoms with Gasteiger partial charge in [-0.1, -0.05) is 0 Å². The van der Waals surface area contributed by atoms with Crippen LogP contribution in [0.1, 0.15) is 6.92 Å². The zero-order valence-corrected chi connectivity index (χ0v) is 8.10. The smallest absolute Gasteiger partial charge is 0.422 e. The predicted molar refractivity (Wildman–Crippen MR) is 38.3 cm³/mol. The van der Waals surface area contributed by atoms with Crippen LogP contribution in [-0.4, -0.2) is 31.3 Å². The van der Waals surface area contributed by atoms with Gasteiger partial charge < -0.3 is 9.47 Å². The highest BCUT2D eigenvalue weighted by Crippen LogP contribution is 2.39. The van der Waals surface area contributed by atoms with Crippen LogP contribution in [0.2, 0.25) is 0 Å². The van der Waals surface area contributed by atoms with Crippen LogP contribution < -0.4 is 0 Å². The lowest BCUT2D eigenvalue weighted by Crippen LogP contribution is -2.47. The topological polar surface area (TPSA) is 52.6 Å². The lowest BCUT2D eigenvalue weighted by molar-refractivity contribution is -0.315. The Morgan fingerprint density at radius 1 is 1.12 bits per heavy atom. The molecule has 0 amide bonds. The summed E-state index contributed by atoms with van der Waals surface area (Å²) in [6.07, 6.45) is -10.6. The molecule has 94 valence electrons. The van der Waals surface area contributed by atoms with Crippen molar-refractivity contribution in [2.24, 2.45) is 5.92 Å². The van der Waals surface area contributed by atoms with Gasteiger partial charge in [0.15, 0.2) is 0 Å². The summed E-state index contributed by atoms with van der Waals surface area (Å²) in [5, 5.41) is 0. The van der Waals surface area contributed by atoms with Crippen LogP contribution in [0.15, 0.2) is 0 Å². The zero-order chi connectivity index (χ0) is 13.1. The Bertz CT molecular complexity index is 285. The largest absolute Gasteiger partial charge is 0.468 e. The van der Waals surface area contributed by atoms with Crippen LogP contribution in [0.3, 0.4) is 0 Å². The van der Waals surface area contributed by atoms with E-state index in [0.717, 1.165) is 0 Å². The van der Waals surface area contributed by atoms with Crippen LogP contribution >= 0.6 is 0 Å². The second-order valence-electron chi connectivity index (χ2n) is 2.65. The van der Waals surface area contributed by atoms with Crippen molar-refractivity contribution in [1.82, 2.24) is 0 Å². The van der Waals surface area contributed by atoms with E-state index in [1.54, 1.807) is 0 Å². The van der Waals surface area contributed by atoms with E-state index in [4.69, 9.17) is 0 Å². The maximum absolute atomic E-state index is 12.8. The Hall–Kier alpha value is -1.41. The van der Waals surface area contributed by atoms with Gasteiger partial charge in [-0.2, -0.15) is 22.0 Å². The molecule has 0 aromatic rings. The molecule has 0 rings (SSSR count). The van der Waals surface area contributed by atoms with E-state index in [0.29, 0.717) is 14.0 Å². The van der Waals surface area contributed by atoms with Crippen LogP contribution in [0.4, 0.5) is 22.0 Å². The monoisotopic (exact) mass is 250 g/mol. The zero-order valence-electron chi connectivity index (χ0n) is 8.10. The molecule has 0 N–H and O–H groups in total.